The Morgan fingerprint density at radius 3 is 1.53 bits per heavy atom. The maximum atomic E-state index is 16.3. The van der Waals surface area contributed by atoms with Gasteiger partial charge in [-0.2, -0.15) is 0 Å². The van der Waals surface area contributed by atoms with Crippen molar-refractivity contribution < 1.29 is 48.6 Å². The third-order valence-corrected chi connectivity index (χ3v) is 14.0. The van der Waals surface area contributed by atoms with Crippen molar-refractivity contribution in [3.8, 4) is 50.7 Å². The van der Waals surface area contributed by atoms with Crippen molar-refractivity contribution in [2.75, 3.05) is 16.5 Å². The average Bonchev–Trinajstić information content (AvgIpc) is 3.98. The van der Waals surface area contributed by atoms with Gasteiger partial charge < -0.3 is 14.5 Å². The molecule has 0 atom stereocenters. The van der Waals surface area contributed by atoms with E-state index >= 15 is 35.1 Å². The Bertz CT molecular complexity index is 3900. The lowest BCUT2D eigenvalue weighted by atomic mass is 9.81. The molecule has 0 radical (unpaired) electrons. The highest BCUT2D eigenvalue weighted by molar-refractivity contribution is 6.09. The summed E-state index contributed by atoms with van der Waals surface area (Å²) in [7, 11) is 0. The van der Waals surface area contributed by atoms with Crippen LogP contribution in [0.5, 0.6) is 11.5 Å². The van der Waals surface area contributed by atoms with Gasteiger partial charge >= 0.3 is 0 Å². The monoisotopic (exact) mass is 1050 g/mol. The fraction of sp³-hybridized carbons (Fsp3) is 0.145. The molecule has 0 fully saturated rings. The van der Waals surface area contributed by atoms with Crippen LogP contribution in [0.25, 0.3) is 61.0 Å². The Labute approximate surface area is 435 Å². The zero-order valence-electron chi connectivity index (χ0n) is 42.0. The Morgan fingerprint density at radius 1 is 0.429 bits per heavy atom. The Kier molecular flexibility index (Phi) is 12.2. The van der Waals surface area contributed by atoms with Gasteiger partial charge in [0.2, 0.25) is 11.6 Å². The van der Waals surface area contributed by atoms with Gasteiger partial charge in [0.1, 0.15) is 24.0 Å². The molecule has 8 aromatic carbocycles. The number of fused-ring (bicyclic) bond motifs is 4. The molecule has 0 saturated carbocycles. The summed E-state index contributed by atoms with van der Waals surface area (Å²) in [5.41, 5.74) is -1.43. The molecule has 0 unspecified atom stereocenters. The van der Waals surface area contributed by atoms with Crippen molar-refractivity contribution in [1.29, 1.82) is 0 Å². The van der Waals surface area contributed by atoms with Crippen molar-refractivity contribution in [3.05, 3.63) is 215 Å². The summed E-state index contributed by atoms with van der Waals surface area (Å²) < 4.78 is 165. The van der Waals surface area contributed by atoms with Crippen LogP contribution >= 0.6 is 0 Å². The molecule has 1 aliphatic heterocycles. The molecule has 0 spiro atoms. The summed E-state index contributed by atoms with van der Waals surface area (Å²) in [6, 6.07) is 40.9. The highest BCUT2D eigenvalue weighted by Crippen LogP contribution is 2.54. The molecular formula is C62H44F10N4O. The van der Waals surface area contributed by atoms with E-state index in [9.17, 15) is 8.78 Å². The van der Waals surface area contributed by atoms with Gasteiger partial charge in [-0.05, 0) is 99.8 Å². The summed E-state index contributed by atoms with van der Waals surface area (Å²) in [5.74, 6) is -22.0. The number of hydrogen-bond acceptors (Lipinski definition) is 4. The Morgan fingerprint density at radius 2 is 0.948 bits per heavy atom. The number of pyridine rings is 1. The highest BCUT2D eigenvalue weighted by atomic mass is 19.2. The first-order valence-corrected chi connectivity index (χ1v) is 24.4. The minimum atomic E-state index is -2.48. The summed E-state index contributed by atoms with van der Waals surface area (Å²) in [5, 5.41) is 1.93. The van der Waals surface area contributed by atoms with Gasteiger partial charge in [0.15, 0.2) is 46.5 Å². The van der Waals surface area contributed by atoms with Gasteiger partial charge in [-0.3, -0.25) is 4.57 Å². The van der Waals surface area contributed by atoms with Crippen molar-refractivity contribution in [1.82, 2.24) is 9.55 Å². The molecule has 2 aromatic heterocycles. The minimum absolute atomic E-state index is 0.0194. The van der Waals surface area contributed by atoms with Crippen LogP contribution in [0.15, 0.2) is 146 Å². The van der Waals surface area contributed by atoms with E-state index in [-0.39, 0.29) is 16.7 Å². The molecule has 0 aliphatic carbocycles. The number of rotatable bonds is 8. The molecule has 1 aliphatic rings. The summed E-state index contributed by atoms with van der Waals surface area (Å²) >= 11 is 0. The molecule has 388 valence electrons. The summed E-state index contributed by atoms with van der Waals surface area (Å²) in [6.07, 6.45) is 1.78. The molecule has 10 aromatic rings. The lowest BCUT2D eigenvalue weighted by Gasteiger charge is -2.30. The number of aromatic nitrogens is 2. The fourth-order valence-corrected chi connectivity index (χ4v) is 10.0. The second kappa shape index (κ2) is 18.6. The third kappa shape index (κ3) is 8.48. The quantitative estimate of drug-likeness (QED) is 0.0863. The van der Waals surface area contributed by atoms with Gasteiger partial charge in [0, 0.05) is 45.9 Å². The fourth-order valence-electron chi connectivity index (χ4n) is 10.0. The summed E-state index contributed by atoms with van der Waals surface area (Å²) in [6.45, 7) is 10.7. The van der Waals surface area contributed by atoms with E-state index in [1.54, 1.807) is 56.1 Å². The molecule has 0 saturated heterocycles. The van der Waals surface area contributed by atoms with Crippen LogP contribution in [-0.4, -0.2) is 16.2 Å². The maximum Gasteiger partial charge on any atom is 0.200 e. The van der Waals surface area contributed by atoms with Crippen molar-refractivity contribution in [3.63, 3.8) is 0 Å². The molecule has 77 heavy (non-hydrogen) atoms. The van der Waals surface area contributed by atoms with Crippen LogP contribution in [0.2, 0.25) is 0 Å². The molecule has 15 heteroatoms. The van der Waals surface area contributed by atoms with Gasteiger partial charge in [-0.1, -0.05) is 102 Å². The average molecular weight is 1050 g/mol. The van der Waals surface area contributed by atoms with Crippen molar-refractivity contribution in [2.45, 2.75) is 52.4 Å². The SMILES string of the molecule is CC(C)(C)c1ccnc(-n2c3ccccc3c3ccc(Oc4cc(-c5ccccc5)cc(N5CN(c6c(-c7c(F)c(F)c(F)c(F)c7F)cc(C(C)(C)C)cc6-c6c(F)c(F)c(F)c(F)c6F)c6ccccc65)c4)cc32)c1. The number of hydrogen-bond donors (Lipinski definition) is 0. The van der Waals surface area contributed by atoms with Crippen molar-refractivity contribution in [2.24, 2.45) is 0 Å². The number of para-hydroxylation sites is 3. The van der Waals surface area contributed by atoms with E-state index in [0.29, 0.717) is 34.3 Å². The van der Waals surface area contributed by atoms with E-state index in [2.05, 4.69) is 31.4 Å². The Hall–Kier alpha value is -8.59. The number of ether oxygens (including phenoxy) is 1. The molecule has 0 bridgehead atoms. The molecule has 11 rings (SSSR count). The van der Waals surface area contributed by atoms with Crippen LogP contribution in [0.3, 0.4) is 0 Å². The van der Waals surface area contributed by atoms with E-state index in [1.165, 1.54) is 11.0 Å². The number of nitrogens with zero attached hydrogens (tertiary/aromatic N) is 4. The zero-order chi connectivity index (χ0) is 54.6. The Balaban J connectivity index is 1.12. The first-order valence-electron chi connectivity index (χ1n) is 24.4. The van der Waals surface area contributed by atoms with E-state index in [4.69, 9.17) is 9.72 Å². The number of halogens is 10. The van der Waals surface area contributed by atoms with E-state index < -0.39 is 98.2 Å². The lowest BCUT2D eigenvalue weighted by molar-refractivity contribution is 0.381. The first kappa shape index (κ1) is 50.6. The standard InChI is InChI=1S/C62H44F10N4O/c1-61(2,3)34-22-23-73-47(28-34)76-43-17-11-10-16-39(43)40-21-20-37(30-46(40)76)77-38-25-33(32-14-8-7-9-15-32)24-36(29-38)74-31-75(45-19-13-12-18-44(45)74)60-41(48-50(63)54(67)58(71)55(68)51(48)64)26-35(62(4,5)6)27-42(60)49-52(65)56(69)59(72)57(70)53(49)66/h7-30H,31H2,1-6H3. The van der Waals surface area contributed by atoms with Gasteiger partial charge in [-0.25, -0.2) is 48.9 Å². The number of benzene rings is 8. The predicted octanol–water partition coefficient (Wildman–Crippen LogP) is 18.2. The van der Waals surface area contributed by atoms with Crippen LogP contribution < -0.4 is 14.5 Å². The van der Waals surface area contributed by atoms with Gasteiger partial charge in [-0.15, -0.1) is 0 Å². The van der Waals surface area contributed by atoms with Crippen LogP contribution in [0.1, 0.15) is 52.7 Å². The second-order valence-electron chi connectivity index (χ2n) is 20.9. The molecular weight excluding hydrogens is 1010 g/mol. The second-order valence-corrected chi connectivity index (χ2v) is 20.9. The molecule has 3 heterocycles. The van der Waals surface area contributed by atoms with Gasteiger partial charge in [0.25, 0.3) is 0 Å². The van der Waals surface area contributed by atoms with Crippen LogP contribution in [0, 0.1) is 58.2 Å². The molecule has 0 N–H and O–H groups in total. The minimum Gasteiger partial charge on any atom is -0.457 e. The topological polar surface area (TPSA) is 33.5 Å². The van der Waals surface area contributed by atoms with E-state index in [0.717, 1.165) is 45.1 Å². The highest BCUT2D eigenvalue weighted by Gasteiger charge is 2.39. The first-order chi connectivity index (χ1) is 36.6. The summed E-state index contributed by atoms with van der Waals surface area (Å²) in [4.78, 5) is 7.77. The van der Waals surface area contributed by atoms with Gasteiger partial charge in [0.05, 0.1) is 39.2 Å². The van der Waals surface area contributed by atoms with Crippen molar-refractivity contribution >= 4 is 44.6 Å². The third-order valence-electron chi connectivity index (χ3n) is 14.0. The largest absolute Gasteiger partial charge is 0.457 e. The lowest BCUT2D eigenvalue weighted by Crippen LogP contribution is -2.26. The molecule has 5 nitrogen and oxygen atoms in total. The predicted molar refractivity (Wildman–Crippen MR) is 280 cm³/mol. The smallest absolute Gasteiger partial charge is 0.200 e. The zero-order valence-corrected chi connectivity index (χ0v) is 42.0. The van der Waals surface area contributed by atoms with E-state index in [1.807, 2.05) is 91.0 Å². The normalized spacial score (nSPS) is 12.8. The van der Waals surface area contributed by atoms with Crippen LogP contribution in [-0.2, 0) is 10.8 Å². The number of anilines is 4. The van der Waals surface area contributed by atoms with Crippen LogP contribution in [0.4, 0.5) is 66.7 Å². The maximum absolute atomic E-state index is 16.3. The molecule has 0 amide bonds.